The van der Waals surface area contributed by atoms with E-state index in [0.29, 0.717) is 12.1 Å². The van der Waals surface area contributed by atoms with Crippen LogP contribution in [-0.2, 0) is 25.5 Å². The Hall–Kier alpha value is -2.76. The molecule has 228 valence electrons. The van der Waals surface area contributed by atoms with E-state index >= 15 is 8.78 Å². The number of hydrogen-bond donors (Lipinski definition) is 3. The van der Waals surface area contributed by atoms with Crippen LogP contribution < -0.4 is 5.73 Å². The van der Waals surface area contributed by atoms with Gasteiger partial charge in [0.1, 0.15) is 12.8 Å². The second kappa shape index (κ2) is 9.62. The van der Waals surface area contributed by atoms with Crippen LogP contribution in [0.3, 0.4) is 0 Å². The van der Waals surface area contributed by atoms with E-state index < -0.39 is 76.8 Å². The SMILES string of the molecule is C[C@]12C=CC(=O)C=C1[C@@H](F)C[C@H]1[C@@H]3C[C@H]4O[C@@H](c5ccc(Cc6ccc(N)cc6)s5)O[C@@]4(C(=O)CO)[C@@]3(C)C[C@H](O)[C@@]12F. The molecule has 2 heterocycles. The summed E-state index contributed by atoms with van der Waals surface area (Å²) in [6.07, 6.45) is -0.629. The van der Waals surface area contributed by atoms with E-state index in [9.17, 15) is 19.8 Å². The molecule has 7 rings (SSSR count). The third-order valence-corrected chi connectivity index (χ3v) is 12.3. The lowest BCUT2D eigenvalue weighted by atomic mass is 9.44. The number of benzene rings is 1. The van der Waals surface area contributed by atoms with Gasteiger partial charge in [0, 0.05) is 33.7 Å². The molecule has 0 unspecified atom stereocenters. The number of carbonyl (C=O) groups excluding carboxylic acids is 2. The number of Topliss-reactive ketones (excluding diaryl/α,β-unsaturated/α-hetero) is 1. The molecule has 0 amide bonds. The average Bonchev–Trinajstić information content (AvgIpc) is 3.65. The molecule has 1 aromatic heterocycles. The number of carbonyl (C=O) groups is 2. The van der Waals surface area contributed by atoms with Crippen molar-refractivity contribution in [2.45, 2.75) is 75.5 Å². The zero-order valence-corrected chi connectivity index (χ0v) is 24.8. The normalized spacial score (nSPS) is 43.0. The fourth-order valence-electron chi connectivity index (χ4n) is 9.15. The van der Waals surface area contributed by atoms with E-state index in [1.54, 1.807) is 13.8 Å². The summed E-state index contributed by atoms with van der Waals surface area (Å²) in [5, 5.41) is 21.8. The summed E-state index contributed by atoms with van der Waals surface area (Å²) in [4.78, 5) is 27.6. The molecular formula is C33H35F2NO6S. The lowest BCUT2D eigenvalue weighted by Crippen LogP contribution is -2.70. The van der Waals surface area contributed by atoms with Gasteiger partial charge in [-0.15, -0.1) is 11.3 Å². The Morgan fingerprint density at radius 1 is 1.14 bits per heavy atom. The van der Waals surface area contributed by atoms with E-state index in [0.717, 1.165) is 21.4 Å². The first-order valence-electron chi connectivity index (χ1n) is 14.7. The van der Waals surface area contributed by atoms with Gasteiger partial charge >= 0.3 is 0 Å². The van der Waals surface area contributed by atoms with Crippen LogP contribution in [0.1, 0.15) is 54.7 Å². The highest BCUT2D eigenvalue weighted by atomic mass is 32.1. The van der Waals surface area contributed by atoms with Crippen molar-refractivity contribution < 1.29 is 38.1 Å². The minimum absolute atomic E-state index is 0.0424. The van der Waals surface area contributed by atoms with E-state index in [2.05, 4.69) is 0 Å². The lowest BCUT2D eigenvalue weighted by molar-refractivity contribution is -0.234. The molecule has 10 atom stereocenters. The zero-order valence-electron chi connectivity index (χ0n) is 24.0. The molecule has 4 fully saturated rings. The van der Waals surface area contributed by atoms with Gasteiger partial charge in [0.15, 0.2) is 29.1 Å². The molecule has 0 bridgehead atoms. The summed E-state index contributed by atoms with van der Waals surface area (Å²) >= 11 is 1.49. The number of halogens is 2. The van der Waals surface area contributed by atoms with Crippen molar-refractivity contribution in [3.05, 3.63) is 75.5 Å². The number of aliphatic hydroxyl groups excluding tert-OH is 2. The van der Waals surface area contributed by atoms with Crippen molar-refractivity contribution >= 4 is 28.6 Å². The number of nitrogen functional groups attached to an aromatic ring is 1. The smallest absolute Gasteiger partial charge is 0.194 e. The maximum Gasteiger partial charge on any atom is 0.194 e. The van der Waals surface area contributed by atoms with Gasteiger partial charge in [0.25, 0.3) is 0 Å². The summed E-state index contributed by atoms with van der Waals surface area (Å²) in [6.45, 7) is 2.50. The number of anilines is 1. The maximum absolute atomic E-state index is 17.5. The van der Waals surface area contributed by atoms with Gasteiger partial charge in [0.05, 0.1) is 17.1 Å². The number of fused-ring (bicyclic) bond motifs is 7. The Morgan fingerprint density at radius 2 is 1.88 bits per heavy atom. The summed E-state index contributed by atoms with van der Waals surface area (Å²) in [5.41, 5.74) is 1.01. The van der Waals surface area contributed by atoms with Crippen molar-refractivity contribution in [1.82, 2.24) is 0 Å². The molecule has 4 N–H and O–H groups in total. The minimum Gasteiger partial charge on any atom is -0.399 e. The molecule has 3 saturated carbocycles. The van der Waals surface area contributed by atoms with Gasteiger partial charge in [-0.1, -0.05) is 25.1 Å². The summed E-state index contributed by atoms with van der Waals surface area (Å²) in [7, 11) is 0. The quantitative estimate of drug-likeness (QED) is 0.424. The molecule has 5 aliphatic rings. The first-order valence-corrected chi connectivity index (χ1v) is 15.6. The second-order valence-corrected chi connectivity index (χ2v) is 14.4. The van der Waals surface area contributed by atoms with E-state index in [-0.39, 0.29) is 24.8 Å². The Labute approximate surface area is 252 Å². The predicted octanol–water partition coefficient (Wildman–Crippen LogP) is 4.56. The van der Waals surface area contributed by atoms with Crippen molar-refractivity contribution in [2.75, 3.05) is 12.3 Å². The number of ether oxygens (including phenoxy) is 2. The lowest BCUT2D eigenvalue weighted by Gasteiger charge is -2.63. The molecule has 1 saturated heterocycles. The standard InChI is InChI=1S/C33H35F2NO6S/c1-30-10-9-19(38)12-23(30)24(34)13-22-21-14-28-33(27(40)16-37,31(21,2)15-26(39)32(22,30)35)42-29(41-28)25-8-7-20(43-25)11-17-3-5-18(36)6-4-17/h3-10,12,21-22,24,26,28-29,37,39H,11,13-16,36H2,1-2H3/t21-,22-,24-,26-,28+,29+,30-,31-,32-,33+/m0/s1. The second-order valence-electron chi connectivity index (χ2n) is 13.2. The number of aliphatic hydroxyl groups is 2. The van der Waals surface area contributed by atoms with E-state index in [4.69, 9.17) is 15.2 Å². The van der Waals surface area contributed by atoms with Crippen LogP contribution in [0.15, 0.2) is 60.2 Å². The minimum atomic E-state index is -2.28. The third kappa shape index (κ3) is 3.76. The van der Waals surface area contributed by atoms with Crippen LogP contribution in [0.4, 0.5) is 14.5 Å². The van der Waals surface area contributed by atoms with Crippen molar-refractivity contribution in [1.29, 1.82) is 0 Å². The number of nitrogens with two attached hydrogens (primary N) is 1. The molecule has 1 aromatic carbocycles. The van der Waals surface area contributed by atoms with Crippen LogP contribution in [0.5, 0.6) is 0 Å². The first-order chi connectivity index (χ1) is 20.4. The van der Waals surface area contributed by atoms with Gasteiger partial charge in [-0.3, -0.25) is 9.59 Å². The monoisotopic (exact) mass is 611 g/mol. The number of allylic oxidation sites excluding steroid dienone is 4. The highest BCUT2D eigenvalue weighted by Crippen LogP contribution is 2.72. The van der Waals surface area contributed by atoms with Gasteiger partial charge in [-0.25, -0.2) is 8.78 Å². The van der Waals surface area contributed by atoms with Crippen molar-refractivity contribution in [2.24, 2.45) is 22.7 Å². The van der Waals surface area contributed by atoms with Crippen LogP contribution in [-0.4, -0.2) is 58.0 Å². The topological polar surface area (TPSA) is 119 Å². The number of ketones is 2. The van der Waals surface area contributed by atoms with Crippen LogP contribution in [0.2, 0.25) is 0 Å². The molecular weight excluding hydrogens is 576 g/mol. The van der Waals surface area contributed by atoms with E-state index in [1.165, 1.54) is 23.5 Å². The predicted molar refractivity (Wildman–Crippen MR) is 156 cm³/mol. The molecule has 4 aliphatic carbocycles. The Bertz CT molecular complexity index is 1560. The molecule has 0 spiro atoms. The van der Waals surface area contributed by atoms with Gasteiger partial charge in [-0.2, -0.15) is 0 Å². The summed E-state index contributed by atoms with van der Waals surface area (Å²) < 4.78 is 46.3. The number of alkyl halides is 2. The van der Waals surface area contributed by atoms with E-state index in [1.807, 2.05) is 36.4 Å². The first kappa shape index (κ1) is 29.0. The van der Waals surface area contributed by atoms with Crippen LogP contribution in [0.25, 0.3) is 0 Å². The zero-order chi connectivity index (χ0) is 30.5. The molecule has 7 nitrogen and oxygen atoms in total. The Morgan fingerprint density at radius 3 is 2.60 bits per heavy atom. The molecule has 1 aliphatic heterocycles. The van der Waals surface area contributed by atoms with Gasteiger partial charge < -0.3 is 25.4 Å². The summed E-state index contributed by atoms with van der Waals surface area (Å²) in [5.74, 6) is -2.57. The molecule has 0 radical (unpaired) electrons. The summed E-state index contributed by atoms with van der Waals surface area (Å²) in [6, 6.07) is 11.5. The molecule has 2 aromatic rings. The fraction of sp³-hybridized carbons (Fsp3) is 0.515. The van der Waals surface area contributed by atoms with Crippen molar-refractivity contribution in [3.8, 4) is 0 Å². The van der Waals surface area contributed by atoms with Crippen LogP contribution >= 0.6 is 11.3 Å². The van der Waals surface area contributed by atoms with Crippen LogP contribution in [0, 0.1) is 22.7 Å². The van der Waals surface area contributed by atoms with Crippen molar-refractivity contribution in [3.63, 3.8) is 0 Å². The number of thiophene rings is 1. The molecule has 43 heavy (non-hydrogen) atoms. The van der Waals surface area contributed by atoms with Gasteiger partial charge in [-0.05, 0) is 79.7 Å². The van der Waals surface area contributed by atoms with Gasteiger partial charge in [0.2, 0.25) is 0 Å². The number of rotatable bonds is 5. The fourth-order valence-corrected chi connectivity index (χ4v) is 10.2. The Kier molecular flexibility index (Phi) is 6.48. The highest BCUT2D eigenvalue weighted by Gasteiger charge is 2.80. The third-order valence-electron chi connectivity index (χ3n) is 11.2. The molecule has 10 heteroatoms. The highest BCUT2D eigenvalue weighted by molar-refractivity contribution is 7.12. The number of hydrogen-bond acceptors (Lipinski definition) is 8. The average molecular weight is 612 g/mol. The maximum atomic E-state index is 17.5. The largest absolute Gasteiger partial charge is 0.399 e. The Balaban J connectivity index is 1.22.